The van der Waals surface area contributed by atoms with Crippen molar-refractivity contribution in [2.24, 2.45) is 5.41 Å². The van der Waals surface area contributed by atoms with E-state index in [1.807, 2.05) is 0 Å². The van der Waals surface area contributed by atoms with E-state index in [-0.39, 0.29) is 11.3 Å². The summed E-state index contributed by atoms with van der Waals surface area (Å²) in [6.45, 7) is 12.7. The van der Waals surface area contributed by atoms with Gasteiger partial charge in [0.05, 0.1) is 0 Å². The Morgan fingerprint density at radius 1 is 1.40 bits per heavy atom. The number of carbonyl (C=O) groups excluding carboxylic acids is 1. The Hall–Kier alpha value is -0.790. The van der Waals surface area contributed by atoms with Crippen molar-refractivity contribution >= 4 is 5.91 Å². The highest BCUT2D eigenvalue weighted by Gasteiger charge is 2.21. The van der Waals surface area contributed by atoms with Crippen LogP contribution in [0.1, 0.15) is 53.4 Å². The van der Waals surface area contributed by atoms with Crippen LogP contribution in [0.5, 0.6) is 0 Å². The molecule has 0 fully saturated rings. The Labute approximate surface area is 94.1 Å². The fraction of sp³-hybridized carbons (Fsp3) is 0.769. The molecule has 1 amide bonds. The third kappa shape index (κ3) is 5.60. The standard InChI is InChI=1S/C13H25NO/c1-6-8-9-13(5,7-2)10-14-12(15)11(3)4/h3,6-10H2,1-2,4-5H3,(H,14,15). The number of carbonyl (C=O) groups is 1. The lowest BCUT2D eigenvalue weighted by molar-refractivity contribution is -0.117. The first-order valence-electron chi connectivity index (χ1n) is 5.89. The fourth-order valence-electron chi connectivity index (χ4n) is 1.44. The van der Waals surface area contributed by atoms with Crippen LogP contribution < -0.4 is 5.32 Å². The van der Waals surface area contributed by atoms with E-state index in [2.05, 4.69) is 32.7 Å². The van der Waals surface area contributed by atoms with E-state index in [0.717, 1.165) is 13.0 Å². The van der Waals surface area contributed by atoms with E-state index in [9.17, 15) is 4.79 Å². The zero-order valence-electron chi connectivity index (χ0n) is 10.7. The van der Waals surface area contributed by atoms with Crippen molar-refractivity contribution in [1.29, 1.82) is 0 Å². The molecule has 2 heteroatoms. The van der Waals surface area contributed by atoms with Crippen LogP contribution in [0, 0.1) is 5.41 Å². The minimum atomic E-state index is -0.0221. The summed E-state index contributed by atoms with van der Waals surface area (Å²) in [6.07, 6.45) is 4.72. The molecule has 88 valence electrons. The summed E-state index contributed by atoms with van der Waals surface area (Å²) in [5, 5.41) is 2.94. The van der Waals surface area contributed by atoms with Gasteiger partial charge in [0, 0.05) is 12.1 Å². The monoisotopic (exact) mass is 211 g/mol. The molecule has 0 aromatic rings. The second kappa shape index (κ2) is 6.65. The largest absolute Gasteiger partial charge is 0.352 e. The molecule has 0 rings (SSSR count). The molecule has 0 aliphatic heterocycles. The molecule has 0 bridgehead atoms. The van der Waals surface area contributed by atoms with Crippen LogP contribution >= 0.6 is 0 Å². The predicted octanol–water partition coefficient (Wildman–Crippen LogP) is 3.29. The van der Waals surface area contributed by atoms with Crippen LogP contribution in [0.3, 0.4) is 0 Å². The van der Waals surface area contributed by atoms with E-state index in [1.165, 1.54) is 19.3 Å². The number of hydrogen-bond acceptors (Lipinski definition) is 1. The molecule has 15 heavy (non-hydrogen) atoms. The Morgan fingerprint density at radius 2 is 2.00 bits per heavy atom. The van der Waals surface area contributed by atoms with Gasteiger partial charge >= 0.3 is 0 Å². The number of rotatable bonds is 7. The highest BCUT2D eigenvalue weighted by atomic mass is 16.1. The summed E-state index contributed by atoms with van der Waals surface area (Å²) in [4.78, 5) is 11.4. The van der Waals surface area contributed by atoms with Crippen LogP contribution in [-0.4, -0.2) is 12.5 Å². The van der Waals surface area contributed by atoms with Crippen LogP contribution in [0.15, 0.2) is 12.2 Å². The van der Waals surface area contributed by atoms with E-state index < -0.39 is 0 Å². The van der Waals surface area contributed by atoms with Crippen LogP contribution in [-0.2, 0) is 4.79 Å². The Balaban J connectivity index is 4.08. The molecule has 1 atom stereocenters. The maximum atomic E-state index is 11.4. The van der Waals surface area contributed by atoms with Crippen molar-refractivity contribution in [3.05, 3.63) is 12.2 Å². The molecule has 0 spiro atoms. The van der Waals surface area contributed by atoms with Gasteiger partial charge in [-0.3, -0.25) is 4.79 Å². The highest BCUT2D eigenvalue weighted by molar-refractivity contribution is 5.92. The van der Waals surface area contributed by atoms with Gasteiger partial charge in [0.25, 0.3) is 0 Å². The van der Waals surface area contributed by atoms with E-state index >= 15 is 0 Å². The number of unbranched alkanes of at least 4 members (excludes halogenated alkanes) is 1. The van der Waals surface area contributed by atoms with E-state index in [1.54, 1.807) is 6.92 Å². The molecular weight excluding hydrogens is 186 g/mol. The Morgan fingerprint density at radius 3 is 2.40 bits per heavy atom. The lowest BCUT2D eigenvalue weighted by Crippen LogP contribution is -2.35. The van der Waals surface area contributed by atoms with Crippen LogP contribution in [0.4, 0.5) is 0 Å². The van der Waals surface area contributed by atoms with Gasteiger partial charge in [-0.15, -0.1) is 0 Å². The van der Waals surface area contributed by atoms with E-state index in [0.29, 0.717) is 5.57 Å². The van der Waals surface area contributed by atoms with Gasteiger partial charge in [-0.1, -0.05) is 40.2 Å². The Kier molecular flexibility index (Phi) is 6.30. The van der Waals surface area contributed by atoms with Gasteiger partial charge in [0.15, 0.2) is 0 Å². The molecule has 0 saturated carbocycles. The van der Waals surface area contributed by atoms with Crippen molar-refractivity contribution in [3.63, 3.8) is 0 Å². The first-order valence-corrected chi connectivity index (χ1v) is 5.89. The minimum absolute atomic E-state index is 0.0221. The topological polar surface area (TPSA) is 29.1 Å². The lowest BCUT2D eigenvalue weighted by atomic mass is 9.82. The summed E-state index contributed by atoms with van der Waals surface area (Å²) < 4.78 is 0. The van der Waals surface area contributed by atoms with Crippen molar-refractivity contribution in [1.82, 2.24) is 5.32 Å². The smallest absolute Gasteiger partial charge is 0.246 e. The average Bonchev–Trinajstić information content (AvgIpc) is 2.22. The van der Waals surface area contributed by atoms with Crippen LogP contribution in [0.2, 0.25) is 0 Å². The summed E-state index contributed by atoms with van der Waals surface area (Å²) in [5.41, 5.74) is 0.824. The maximum absolute atomic E-state index is 11.4. The second-order valence-corrected chi connectivity index (χ2v) is 4.73. The molecule has 0 radical (unpaired) electrons. The van der Waals surface area contributed by atoms with Crippen molar-refractivity contribution in [2.45, 2.75) is 53.4 Å². The fourth-order valence-corrected chi connectivity index (χ4v) is 1.44. The number of nitrogens with one attached hydrogen (secondary N) is 1. The first kappa shape index (κ1) is 14.2. The van der Waals surface area contributed by atoms with Crippen LogP contribution in [0.25, 0.3) is 0 Å². The maximum Gasteiger partial charge on any atom is 0.246 e. The van der Waals surface area contributed by atoms with Gasteiger partial charge in [0.2, 0.25) is 5.91 Å². The zero-order chi connectivity index (χ0) is 11.9. The molecule has 0 aliphatic rings. The summed E-state index contributed by atoms with van der Waals surface area (Å²) in [7, 11) is 0. The molecule has 0 aromatic carbocycles. The lowest BCUT2D eigenvalue weighted by Gasteiger charge is -2.28. The number of amides is 1. The minimum Gasteiger partial charge on any atom is -0.352 e. The summed E-state index contributed by atoms with van der Waals surface area (Å²) in [5.74, 6) is -0.0221. The zero-order valence-corrected chi connectivity index (χ0v) is 10.7. The third-order valence-corrected chi connectivity index (χ3v) is 3.05. The first-order chi connectivity index (χ1) is 6.95. The molecule has 1 N–H and O–H groups in total. The average molecular weight is 211 g/mol. The highest BCUT2D eigenvalue weighted by Crippen LogP contribution is 2.27. The normalized spacial score (nSPS) is 14.4. The van der Waals surface area contributed by atoms with Gasteiger partial charge in [0.1, 0.15) is 0 Å². The van der Waals surface area contributed by atoms with E-state index in [4.69, 9.17) is 0 Å². The molecular formula is C13H25NO. The van der Waals surface area contributed by atoms with Gasteiger partial charge < -0.3 is 5.32 Å². The van der Waals surface area contributed by atoms with Crippen molar-refractivity contribution in [2.75, 3.05) is 6.54 Å². The van der Waals surface area contributed by atoms with Crippen molar-refractivity contribution in [3.8, 4) is 0 Å². The Bertz CT molecular complexity index is 223. The summed E-state index contributed by atoms with van der Waals surface area (Å²) >= 11 is 0. The molecule has 1 unspecified atom stereocenters. The SMILES string of the molecule is C=C(C)C(=O)NCC(C)(CC)CCCC. The molecule has 2 nitrogen and oxygen atoms in total. The predicted molar refractivity (Wildman–Crippen MR) is 65.7 cm³/mol. The van der Waals surface area contributed by atoms with Crippen molar-refractivity contribution < 1.29 is 4.79 Å². The quantitative estimate of drug-likeness (QED) is 0.643. The second-order valence-electron chi connectivity index (χ2n) is 4.73. The van der Waals surface area contributed by atoms with Gasteiger partial charge in [-0.2, -0.15) is 0 Å². The molecule has 0 aliphatic carbocycles. The number of hydrogen-bond donors (Lipinski definition) is 1. The molecule has 0 aromatic heterocycles. The molecule has 0 saturated heterocycles. The summed E-state index contributed by atoms with van der Waals surface area (Å²) in [6, 6.07) is 0. The third-order valence-electron chi connectivity index (χ3n) is 3.05. The van der Waals surface area contributed by atoms with Gasteiger partial charge in [-0.05, 0) is 25.2 Å². The van der Waals surface area contributed by atoms with Gasteiger partial charge in [-0.25, -0.2) is 0 Å². The molecule has 0 heterocycles.